The predicted molar refractivity (Wildman–Crippen MR) is 96.6 cm³/mol. The molecule has 2 heteroatoms. The molecule has 0 radical (unpaired) electrons. The second-order valence-electron chi connectivity index (χ2n) is 4.65. The minimum Gasteiger partial charge on any atom is -0.318 e. The zero-order valence-electron chi connectivity index (χ0n) is 12.7. The van der Waals surface area contributed by atoms with Gasteiger partial charge in [-0.25, -0.2) is 0 Å². The second kappa shape index (κ2) is 9.82. The van der Waals surface area contributed by atoms with Crippen LogP contribution in [0.25, 0.3) is 11.1 Å². The van der Waals surface area contributed by atoms with Crippen LogP contribution < -0.4 is 0 Å². The Kier molecular flexibility index (Phi) is 7.30. The summed E-state index contributed by atoms with van der Waals surface area (Å²) in [6, 6.07) is 31.0. The third kappa shape index (κ3) is 5.76. The van der Waals surface area contributed by atoms with Gasteiger partial charge in [0, 0.05) is 5.75 Å². The summed E-state index contributed by atoms with van der Waals surface area (Å²) >= 11 is 1.46. The molecule has 0 saturated heterocycles. The molecule has 0 saturated carbocycles. The van der Waals surface area contributed by atoms with Crippen molar-refractivity contribution in [3.63, 3.8) is 0 Å². The minimum absolute atomic E-state index is 0.928. The van der Waals surface area contributed by atoms with Gasteiger partial charge in [-0.3, -0.25) is 0 Å². The zero-order chi connectivity index (χ0) is 15.5. The molecule has 0 heterocycles. The molecular formula is C20H20OS. The summed E-state index contributed by atoms with van der Waals surface area (Å²) in [5.41, 5.74) is 3.85. The molecule has 0 atom stereocenters. The highest BCUT2D eigenvalue weighted by atomic mass is 32.2. The Labute approximate surface area is 137 Å². The molecule has 0 aliphatic carbocycles. The average molecular weight is 308 g/mol. The van der Waals surface area contributed by atoms with Crippen molar-refractivity contribution in [3.8, 4) is 11.1 Å². The molecule has 0 bridgehead atoms. The van der Waals surface area contributed by atoms with Crippen LogP contribution in [-0.4, -0.2) is 7.11 Å². The van der Waals surface area contributed by atoms with Gasteiger partial charge in [0.1, 0.15) is 0 Å². The van der Waals surface area contributed by atoms with Crippen LogP contribution in [-0.2, 0) is 9.94 Å². The SMILES string of the molecule is COSCc1ccccc1.c1ccc(-c2ccccc2)cc1. The molecule has 3 aromatic carbocycles. The molecule has 0 aliphatic rings. The summed E-state index contributed by atoms with van der Waals surface area (Å²) in [6.45, 7) is 0. The van der Waals surface area contributed by atoms with Crippen molar-refractivity contribution in [3.05, 3.63) is 96.6 Å². The monoisotopic (exact) mass is 308 g/mol. The van der Waals surface area contributed by atoms with E-state index in [-0.39, 0.29) is 0 Å². The topological polar surface area (TPSA) is 9.23 Å². The maximum absolute atomic E-state index is 4.86. The third-order valence-corrected chi connectivity index (χ3v) is 3.75. The molecule has 0 N–H and O–H groups in total. The normalized spacial score (nSPS) is 9.68. The first-order valence-electron chi connectivity index (χ1n) is 7.20. The van der Waals surface area contributed by atoms with Gasteiger partial charge in [-0.05, 0) is 28.7 Å². The summed E-state index contributed by atoms with van der Waals surface area (Å²) in [5, 5.41) is 0. The van der Waals surface area contributed by atoms with Crippen molar-refractivity contribution in [2.45, 2.75) is 5.75 Å². The molecule has 0 aliphatic heterocycles. The lowest BCUT2D eigenvalue weighted by molar-refractivity contribution is 0.489. The molecule has 0 amide bonds. The van der Waals surface area contributed by atoms with Crippen LogP contribution >= 0.6 is 12.0 Å². The maximum Gasteiger partial charge on any atom is 0.0503 e. The van der Waals surface area contributed by atoms with Gasteiger partial charge in [-0.2, -0.15) is 0 Å². The van der Waals surface area contributed by atoms with Crippen molar-refractivity contribution >= 4 is 12.0 Å². The Morgan fingerprint density at radius 1 is 0.636 bits per heavy atom. The summed E-state index contributed by atoms with van der Waals surface area (Å²) in [6.07, 6.45) is 0. The Morgan fingerprint density at radius 2 is 1.05 bits per heavy atom. The van der Waals surface area contributed by atoms with Gasteiger partial charge in [-0.1, -0.05) is 91.0 Å². The Hall–Kier alpha value is -2.03. The summed E-state index contributed by atoms with van der Waals surface area (Å²) in [5.74, 6) is 0.928. The van der Waals surface area contributed by atoms with E-state index in [9.17, 15) is 0 Å². The molecule has 0 fully saturated rings. The van der Waals surface area contributed by atoms with Gasteiger partial charge in [0.05, 0.1) is 7.11 Å². The van der Waals surface area contributed by atoms with Crippen LogP contribution in [0.4, 0.5) is 0 Å². The molecule has 0 unspecified atom stereocenters. The highest BCUT2D eigenvalue weighted by Gasteiger charge is 1.91. The van der Waals surface area contributed by atoms with Crippen molar-refractivity contribution in [2.75, 3.05) is 7.11 Å². The highest BCUT2D eigenvalue weighted by Crippen LogP contribution is 2.17. The van der Waals surface area contributed by atoms with Crippen LogP contribution in [0.5, 0.6) is 0 Å². The highest BCUT2D eigenvalue weighted by molar-refractivity contribution is 7.93. The van der Waals surface area contributed by atoms with Crippen molar-refractivity contribution < 1.29 is 4.18 Å². The largest absolute Gasteiger partial charge is 0.318 e. The molecule has 112 valence electrons. The van der Waals surface area contributed by atoms with E-state index >= 15 is 0 Å². The van der Waals surface area contributed by atoms with Crippen LogP contribution in [0.3, 0.4) is 0 Å². The van der Waals surface area contributed by atoms with Crippen LogP contribution in [0.1, 0.15) is 5.56 Å². The van der Waals surface area contributed by atoms with Gasteiger partial charge < -0.3 is 4.18 Å². The number of benzene rings is 3. The molecule has 22 heavy (non-hydrogen) atoms. The Morgan fingerprint density at radius 3 is 1.45 bits per heavy atom. The van der Waals surface area contributed by atoms with E-state index in [4.69, 9.17) is 4.18 Å². The Bertz CT molecular complexity index is 586. The number of hydrogen-bond donors (Lipinski definition) is 0. The summed E-state index contributed by atoms with van der Waals surface area (Å²) < 4.78 is 4.86. The summed E-state index contributed by atoms with van der Waals surface area (Å²) in [7, 11) is 1.69. The van der Waals surface area contributed by atoms with E-state index in [0.717, 1.165) is 5.75 Å². The van der Waals surface area contributed by atoms with Crippen LogP contribution in [0.15, 0.2) is 91.0 Å². The molecule has 1 nitrogen and oxygen atoms in total. The van der Waals surface area contributed by atoms with Gasteiger partial charge in [0.2, 0.25) is 0 Å². The predicted octanol–water partition coefficient (Wildman–Crippen LogP) is 5.83. The van der Waals surface area contributed by atoms with Gasteiger partial charge >= 0.3 is 0 Å². The van der Waals surface area contributed by atoms with E-state index in [1.54, 1.807) is 7.11 Å². The second-order valence-corrected chi connectivity index (χ2v) is 5.50. The molecule has 3 aromatic rings. The first kappa shape index (κ1) is 16.3. The van der Waals surface area contributed by atoms with Gasteiger partial charge in [-0.15, -0.1) is 0 Å². The smallest absolute Gasteiger partial charge is 0.0503 e. The first-order chi connectivity index (χ1) is 10.9. The first-order valence-corrected chi connectivity index (χ1v) is 8.11. The molecule has 0 spiro atoms. The number of rotatable bonds is 4. The van der Waals surface area contributed by atoms with Crippen molar-refractivity contribution in [1.82, 2.24) is 0 Å². The quantitative estimate of drug-likeness (QED) is 0.560. The maximum atomic E-state index is 4.86. The fourth-order valence-electron chi connectivity index (χ4n) is 1.96. The lowest BCUT2D eigenvalue weighted by Gasteiger charge is -1.98. The van der Waals surface area contributed by atoms with Gasteiger partial charge in [0.15, 0.2) is 0 Å². The third-order valence-electron chi connectivity index (χ3n) is 3.07. The zero-order valence-corrected chi connectivity index (χ0v) is 13.5. The molecule has 3 rings (SSSR count). The fraction of sp³-hybridized carbons (Fsp3) is 0.100. The Balaban J connectivity index is 0.000000164. The standard InChI is InChI=1S/C12H10.C8H10OS/c1-3-7-11(8-4-1)12-9-5-2-6-10-12;1-9-10-7-8-5-3-2-4-6-8/h1-10H;2-6H,7H2,1H3. The van der Waals surface area contributed by atoms with Crippen LogP contribution in [0.2, 0.25) is 0 Å². The summed E-state index contributed by atoms with van der Waals surface area (Å²) in [4.78, 5) is 0. The van der Waals surface area contributed by atoms with E-state index in [1.165, 1.54) is 28.7 Å². The number of hydrogen-bond acceptors (Lipinski definition) is 2. The minimum atomic E-state index is 0.928. The fourth-order valence-corrected chi connectivity index (χ4v) is 2.41. The van der Waals surface area contributed by atoms with Crippen LogP contribution in [0, 0.1) is 0 Å². The average Bonchev–Trinajstić information content (AvgIpc) is 2.63. The van der Waals surface area contributed by atoms with Crippen molar-refractivity contribution in [2.24, 2.45) is 0 Å². The van der Waals surface area contributed by atoms with E-state index in [0.29, 0.717) is 0 Å². The molecular weight excluding hydrogens is 288 g/mol. The molecule has 0 aromatic heterocycles. The van der Waals surface area contributed by atoms with E-state index in [2.05, 4.69) is 60.7 Å². The van der Waals surface area contributed by atoms with Gasteiger partial charge in [0.25, 0.3) is 0 Å². The van der Waals surface area contributed by atoms with E-state index < -0.39 is 0 Å². The lowest BCUT2D eigenvalue weighted by Crippen LogP contribution is -1.77. The van der Waals surface area contributed by atoms with Crippen molar-refractivity contribution in [1.29, 1.82) is 0 Å². The van der Waals surface area contributed by atoms with E-state index in [1.807, 2.05) is 30.3 Å². The lowest BCUT2D eigenvalue weighted by atomic mass is 10.1.